The van der Waals surface area contributed by atoms with E-state index in [9.17, 15) is 19.2 Å². The molecule has 2 rings (SSSR count). The molecule has 1 aliphatic rings. The second-order valence-electron chi connectivity index (χ2n) is 6.22. The van der Waals surface area contributed by atoms with Gasteiger partial charge in [-0.1, -0.05) is 0 Å². The zero-order valence-electron chi connectivity index (χ0n) is 14.1. The van der Waals surface area contributed by atoms with Gasteiger partial charge in [-0.25, -0.2) is 14.3 Å². The van der Waals surface area contributed by atoms with E-state index in [1.807, 2.05) is 0 Å². The summed E-state index contributed by atoms with van der Waals surface area (Å²) in [7, 11) is 2.27. The van der Waals surface area contributed by atoms with Crippen LogP contribution in [0, 0.1) is 0 Å². The van der Waals surface area contributed by atoms with Gasteiger partial charge in [-0.3, -0.25) is 9.59 Å². The zero-order valence-corrected chi connectivity index (χ0v) is 14.1. The topological polar surface area (TPSA) is 109 Å². The van der Waals surface area contributed by atoms with E-state index in [0.29, 0.717) is 0 Å². The minimum atomic E-state index is -1.41. The monoisotopic (exact) mass is 337 g/mol. The second kappa shape index (κ2) is 5.99. The van der Waals surface area contributed by atoms with Crippen molar-refractivity contribution in [3.8, 4) is 0 Å². The van der Waals surface area contributed by atoms with Crippen molar-refractivity contribution >= 4 is 17.8 Å². The molecule has 2 heterocycles. The van der Waals surface area contributed by atoms with E-state index in [4.69, 9.17) is 9.47 Å². The average Bonchev–Trinajstić information content (AvgIpc) is 2.83. The van der Waals surface area contributed by atoms with Crippen molar-refractivity contribution in [2.75, 3.05) is 14.2 Å². The third kappa shape index (κ3) is 2.84. The Bertz CT molecular complexity index is 840. The van der Waals surface area contributed by atoms with E-state index in [1.165, 1.54) is 0 Å². The molecule has 1 aliphatic heterocycles. The fourth-order valence-corrected chi connectivity index (χ4v) is 2.44. The Labute approximate surface area is 137 Å². The Morgan fingerprint density at radius 1 is 1.08 bits per heavy atom. The van der Waals surface area contributed by atoms with E-state index >= 15 is 0 Å². The Kier molecular flexibility index (Phi) is 4.37. The predicted octanol–water partition coefficient (Wildman–Crippen LogP) is -0.533. The molecular formula is C15H19N3O6. The van der Waals surface area contributed by atoms with Gasteiger partial charge >= 0.3 is 11.9 Å². The highest BCUT2D eigenvalue weighted by atomic mass is 16.5. The predicted molar refractivity (Wildman–Crippen MR) is 84.1 cm³/mol. The number of nitrogens with zero attached hydrogens (tertiary/aromatic N) is 2. The van der Waals surface area contributed by atoms with Gasteiger partial charge in [0.25, 0.3) is 11.1 Å². The van der Waals surface area contributed by atoms with Crippen LogP contribution in [0.5, 0.6) is 0 Å². The highest BCUT2D eigenvalue weighted by Crippen LogP contribution is 2.30. The fourth-order valence-electron chi connectivity index (χ4n) is 2.44. The number of hydrogen-bond acceptors (Lipinski definition) is 7. The number of methoxy groups -OCH3 is 2. The molecular weight excluding hydrogens is 318 g/mol. The van der Waals surface area contributed by atoms with Crippen LogP contribution in [0.25, 0.3) is 5.82 Å². The standard InChI is InChI=1S/C15H19N3O6/c1-15(2,3)16-12-10(13(21)23-4)11(14(22)24-5)17-8(19)6-7-9(20)18(12)17/h6-7,11,16H,1-5H3. The molecule has 1 atom stereocenters. The van der Waals surface area contributed by atoms with Crippen molar-refractivity contribution in [1.82, 2.24) is 14.7 Å². The molecule has 0 aromatic carbocycles. The van der Waals surface area contributed by atoms with Gasteiger partial charge in [0.15, 0.2) is 6.04 Å². The third-order valence-corrected chi connectivity index (χ3v) is 3.33. The molecule has 0 aliphatic carbocycles. The lowest BCUT2D eigenvalue weighted by Crippen LogP contribution is -2.42. The Balaban J connectivity index is 2.88. The van der Waals surface area contributed by atoms with Crippen molar-refractivity contribution in [1.29, 1.82) is 0 Å². The number of carbonyl (C=O) groups is 2. The van der Waals surface area contributed by atoms with Crippen molar-refractivity contribution in [3.05, 3.63) is 38.4 Å². The highest BCUT2D eigenvalue weighted by Gasteiger charge is 2.43. The van der Waals surface area contributed by atoms with Crippen LogP contribution in [0.3, 0.4) is 0 Å². The summed E-state index contributed by atoms with van der Waals surface area (Å²) in [5.74, 6) is -1.68. The summed E-state index contributed by atoms with van der Waals surface area (Å²) in [6.07, 6.45) is 0. The number of carbonyl (C=O) groups excluding carboxylic acids is 2. The van der Waals surface area contributed by atoms with Crippen LogP contribution >= 0.6 is 0 Å². The zero-order chi connectivity index (χ0) is 18.2. The van der Waals surface area contributed by atoms with Gasteiger partial charge < -0.3 is 14.8 Å². The maximum Gasteiger partial charge on any atom is 0.340 e. The summed E-state index contributed by atoms with van der Waals surface area (Å²) in [5, 5.41) is 2.99. The third-order valence-electron chi connectivity index (χ3n) is 3.33. The lowest BCUT2D eigenvalue weighted by molar-refractivity contribution is -0.146. The van der Waals surface area contributed by atoms with Gasteiger partial charge in [-0.15, -0.1) is 0 Å². The molecule has 1 unspecified atom stereocenters. The molecule has 24 heavy (non-hydrogen) atoms. The van der Waals surface area contributed by atoms with Gasteiger partial charge in [0.05, 0.1) is 14.2 Å². The quantitative estimate of drug-likeness (QED) is 0.738. The van der Waals surface area contributed by atoms with Gasteiger partial charge in [-0.05, 0) is 20.8 Å². The number of fused-ring (bicyclic) bond motifs is 1. The number of esters is 2. The maximum atomic E-state index is 12.3. The number of hydrogen-bond donors (Lipinski definition) is 1. The molecule has 9 heteroatoms. The molecule has 9 nitrogen and oxygen atoms in total. The summed E-state index contributed by atoms with van der Waals surface area (Å²) < 4.78 is 11.3. The van der Waals surface area contributed by atoms with Gasteiger partial charge in [0, 0.05) is 17.7 Å². The van der Waals surface area contributed by atoms with Crippen molar-refractivity contribution in [2.24, 2.45) is 0 Å². The Hall–Kier alpha value is -2.84. The van der Waals surface area contributed by atoms with E-state index < -0.39 is 34.6 Å². The Morgan fingerprint density at radius 3 is 2.17 bits per heavy atom. The summed E-state index contributed by atoms with van der Waals surface area (Å²) in [6, 6.07) is 0.690. The molecule has 0 spiro atoms. The first kappa shape index (κ1) is 17.5. The summed E-state index contributed by atoms with van der Waals surface area (Å²) in [5.41, 5.74) is -1.92. The molecule has 0 amide bonds. The minimum Gasteiger partial charge on any atom is -0.467 e. The first-order valence-corrected chi connectivity index (χ1v) is 7.16. The fraction of sp³-hybridized carbons (Fsp3) is 0.467. The molecule has 1 aromatic heterocycles. The van der Waals surface area contributed by atoms with Crippen LogP contribution in [-0.4, -0.2) is 41.1 Å². The number of ether oxygens (including phenoxy) is 2. The molecule has 130 valence electrons. The molecule has 0 saturated carbocycles. The minimum absolute atomic E-state index is 0.0208. The molecule has 1 N–H and O–H groups in total. The number of rotatable bonds is 3. The van der Waals surface area contributed by atoms with Crippen LogP contribution in [-0.2, 0) is 19.1 Å². The molecule has 0 bridgehead atoms. The van der Waals surface area contributed by atoms with Crippen LogP contribution < -0.4 is 16.4 Å². The lowest BCUT2D eigenvalue weighted by atomic mass is 10.1. The normalized spacial score (nSPS) is 16.6. The van der Waals surface area contributed by atoms with Crippen molar-refractivity contribution in [3.63, 3.8) is 0 Å². The van der Waals surface area contributed by atoms with E-state index in [0.717, 1.165) is 35.7 Å². The highest BCUT2D eigenvalue weighted by molar-refractivity contribution is 6.02. The van der Waals surface area contributed by atoms with Crippen LogP contribution in [0.15, 0.2) is 27.3 Å². The Morgan fingerprint density at radius 2 is 1.67 bits per heavy atom. The van der Waals surface area contributed by atoms with E-state index in [-0.39, 0.29) is 11.4 Å². The molecule has 0 saturated heterocycles. The van der Waals surface area contributed by atoms with Crippen LogP contribution in [0.4, 0.5) is 0 Å². The maximum absolute atomic E-state index is 12.3. The number of aromatic nitrogens is 2. The average molecular weight is 337 g/mol. The van der Waals surface area contributed by atoms with Gasteiger partial charge in [-0.2, -0.15) is 4.68 Å². The van der Waals surface area contributed by atoms with Crippen molar-refractivity contribution in [2.45, 2.75) is 32.4 Å². The van der Waals surface area contributed by atoms with Gasteiger partial charge in [0.2, 0.25) is 0 Å². The van der Waals surface area contributed by atoms with Gasteiger partial charge in [0.1, 0.15) is 11.4 Å². The van der Waals surface area contributed by atoms with Crippen LogP contribution in [0.2, 0.25) is 0 Å². The summed E-state index contributed by atoms with van der Waals surface area (Å²) in [6.45, 7) is 5.41. The second-order valence-corrected chi connectivity index (χ2v) is 6.22. The number of nitrogens with one attached hydrogen (secondary N) is 1. The summed E-state index contributed by atoms with van der Waals surface area (Å²) in [4.78, 5) is 49.0. The molecule has 0 fully saturated rings. The smallest absolute Gasteiger partial charge is 0.340 e. The van der Waals surface area contributed by atoms with Crippen LogP contribution in [0.1, 0.15) is 26.8 Å². The molecule has 0 radical (unpaired) electrons. The first-order valence-electron chi connectivity index (χ1n) is 7.16. The molecule has 1 aromatic rings. The summed E-state index contributed by atoms with van der Waals surface area (Å²) >= 11 is 0. The van der Waals surface area contributed by atoms with E-state index in [2.05, 4.69) is 5.32 Å². The first-order chi connectivity index (χ1) is 11.1. The largest absolute Gasteiger partial charge is 0.467 e. The SMILES string of the molecule is COC(=O)C1=C(NC(C)(C)C)n2c(=O)ccc(=O)n2C1C(=O)OC. The van der Waals surface area contributed by atoms with E-state index in [1.54, 1.807) is 20.8 Å². The van der Waals surface area contributed by atoms with Crippen molar-refractivity contribution < 1.29 is 19.1 Å². The lowest BCUT2D eigenvalue weighted by Gasteiger charge is -2.24.